The molecule has 0 radical (unpaired) electrons. The topological polar surface area (TPSA) is 33.2 Å². The molecule has 1 aromatic heterocycles. The van der Waals surface area contributed by atoms with Crippen molar-refractivity contribution in [2.24, 2.45) is 0 Å². The Morgan fingerprint density at radius 3 is 2.85 bits per heavy atom. The summed E-state index contributed by atoms with van der Waals surface area (Å²) in [6, 6.07) is 7.67. The van der Waals surface area contributed by atoms with E-state index >= 15 is 0 Å². The number of halogens is 1. The number of hydrogen-bond acceptors (Lipinski definition) is 4. The molecule has 0 N–H and O–H groups in total. The molecule has 0 bridgehead atoms. The zero-order valence-corrected chi connectivity index (χ0v) is 13.4. The quantitative estimate of drug-likeness (QED) is 0.827. The largest absolute Gasteiger partial charge is 0.273 e. The van der Waals surface area contributed by atoms with Gasteiger partial charge in [0.2, 0.25) is 5.91 Å². The van der Waals surface area contributed by atoms with Crippen LogP contribution in [0.25, 0.3) is 0 Å². The third-order valence-electron chi connectivity index (χ3n) is 3.10. The van der Waals surface area contributed by atoms with Crippen molar-refractivity contribution >= 4 is 45.7 Å². The van der Waals surface area contributed by atoms with Gasteiger partial charge in [-0.05, 0) is 31.5 Å². The summed E-state index contributed by atoms with van der Waals surface area (Å²) in [5.74, 6) is 0.106. The highest BCUT2D eigenvalue weighted by Gasteiger charge is 2.40. The van der Waals surface area contributed by atoms with Crippen molar-refractivity contribution in [3.05, 3.63) is 45.9 Å². The molecule has 3 rings (SSSR count). The van der Waals surface area contributed by atoms with Crippen molar-refractivity contribution in [2.75, 3.05) is 4.90 Å². The third-order valence-corrected chi connectivity index (χ3v) is 5.60. The zero-order chi connectivity index (χ0) is 14.3. The van der Waals surface area contributed by atoms with Crippen LogP contribution >= 0.6 is 34.7 Å². The molecule has 1 saturated heterocycles. The monoisotopic (exact) mass is 324 g/mol. The van der Waals surface area contributed by atoms with E-state index in [1.54, 1.807) is 34.2 Å². The lowest BCUT2D eigenvalue weighted by Crippen LogP contribution is -2.29. The average molecular weight is 325 g/mol. The van der Waals surface area contributed by atoms with Gasteiger partial charge in [0.1, 0.15) is 5.37 Å². The van der Waals surface area contributed by atoms with Crippen molar-refractivity contribution in [3.8, 4) is 0 Å². The first-order valence-corrected chi connectivity index (χ1v) is 8.36. The van der Waals surface area contributed by atoms with E-state index in [9.17, 15) is 4.79 Å². The molecule has 3 nitrogen and oxygen atoms in total. The van der Waals surface area contributed by atoms with Crippen LogP contribution in [0.4, 0.5) is 5.13 Å². The van der Waals surface area contributed by atoms with E-state index in [0.717, 1.165) is 15.6 Å². The molecule has 0 saturated carbocycles. The Bertz CT molecular complexity index is 658. The van der Waals surface area contributed by atoms with Gasteiger partial charge < -0.3 is 0 Å². The molecule has 1 amide bonds. The molecule has 6 heteroatoms. The van der Waals surface area contributed by atoms with E-state index in [1.807, 2.05) is 38.1 Å². The van der Waals surface area contributed by atoms with Gasteiger partial charge in [-0.15, -0.1) is 23.1 Å². The smallest absolute Gasteiger partial charge is 0.242 e. The summed E-state index contributed by atoms with van der Waals surface area (Å²) < 4.78 is 0. The maximum absolute atomic E-state index is 12.4. The van der Waals surface area contributed by atoms with Crippen LogP contribution in [0.3, 0.4) is 0 Å². The van der Waals surface area contributed by atoms with E-state index in [0.29, 0.717) is 5.02 Å². The van der Waals surface area contributed by atoms with Gasteiger partial charge in [-0.2, -0.15) is 0 Å². The second-order valence-corrected chi connectivity index (χ2v) is 7.72. The molecule has 1 aliphatic heterocycles. The first-order chi connectivity index (χ1) is 9.56. The molecular weight excluding hydrogens is 312 g/mol. The van der Waals surface area contributed by atoms with E-state index < -0.39 is 0 Å². The number of rotatable bonds is 2. The molecule has 104 valence electrons. The molecule has 2 heterocycles. The van der Waals surface area contributed by atoms with Crippen molar-refractivity contribution in [1.82, 2.24) is 4.98 Å². The number of thiazole rings is 1. The predicted octanol–water partition coefficient (Wildman–Crippen LogP) is 4.27. The number of aromatic nitrogens is 1. The fourth-order valence-corrected chi connectivity index (χ4v) is 4.46. The lowest BCUT2D eigenvalue weighted by Gasteiger charge is -2.21. The highest BCUT2D eigenvalue weighted by Crippen LogP contribution is 2.46. The number of benzene rings is 1. The number of nitrogens with zero attached hydrogens (tertiary/aromatic N) is 2. The molecular formula is C14H13ClN2OS2. The molecule has 0 spiro atoms. The van der Waals surface area contributed by atoms with Crippen LogP contribution < -0.4 is 4.90 Å². The third kappa shape index (κ3) is 2.45. The van der Waals surface area contributed by atoms with E-state index in [2.05, 4.69) is 4.98 Å². The van der Waals surface area contributed by atoms with Crippen LogP contribution in [0.2, 0.25) is 5.02 Å². The minimum absolute atomic E-state index is 0.0539. The summed E-state index contributed by atoms with van der Waals surface area (Å²) >= 11 is 9.24. The van der Waals surface area contributed by atoms with Gasteiger partial charge in [-0.25, -0.2) is 4.98 Å². The minimum Gasteiger partial charge on any atom is -0.273 e. The first-order valence-electron chi connectivity index (χ1n) is 6.22. The van der Waals surface area contributed by atoms with E-state index in [1.165, 1.54) is 0 Å². The Hall–Kier alpha value is -1.04. The summed E-state index contributed by atoms with van der Waals surface area (Å²) in [5, 5.41) is 1.32. The number of carbonyl (C=O) groups excluding carboxylic acids is 1. The molecule has 2 atom stereocenters. The maximum atomic E-state index is 12.4. The summed E-state index contributed by atoms with van der Waals surface area (Å²) in [6.45, 7) is 3.93. The van der Waals surface area contributed by atoms with Crippen LogP contribution in [0, 0.1) is 6.92 Å². The van der Waals surface area contributed by atoms with Gasteiger partial charge >= 0.3 is 0 Å². The number of thioether (sulfide) groups is 1. The molecule has 1 aromatic carbocycles. The molecule has 2 unspecified atom stereocenters. The molecule has 1 fully saturated rings. The maximum Gasteiger partial charge on any atom is 0.242 e. The van der Waals surface area contributed by atoms with Crippen LogP contribution in [0.5, 0.6) is 0 Å². The van der Waals surface area contributed by atoms with Crippen molar-refractivity contribution in [2.45, 2.75) is 24.5 Å². The van der Waals surface area contributed by atoms with Crippen LogP contribution in [0.15, 0.2) is 30.5 Å². The van der Waals surface area contributed by atoms with Gasteiger partial charge in [-0.1, -0.05) is 23.7 Å². The van der Waals surface area contributed by atoms with Gasteiger partial charge in [0, 0.05) is 16.1 Å². The Morgan fingerprint density at radius 1 is 1.40 bits per heavy atom. The van der Waals surface area contributed by atoms with Crippen molar-refractivity contribution in [1.29, 1.82) is 0 Å². The average Bonchev–Trinajstić information content (AvgIpc) is 2.95. The van der Waals surface area contributed by atoms with E-state index in [4.69, 9.17) is 11.6 Å². The predicted molar refractivity (Wildman–Crippen MR) is 85.6 cm³/mol. The van der Waals surface area contributed by atoms with Crippen molar-refractivity contribution in [3.63, 3.8) is 0 Å². The first kappa shape index (κ1) is 13.9. The molecule has 1 aliphatic rings. The van der Waals surface area contributed by atoms with Crippen LogP contribution in [-0.2, 0) is 4.79 Å². The lowest BCUT2D eigenvalue weighted by atomic mass is 10.2. The van der Waals surface area contributed by atoms with Crippen LogP contribution in [0.1, 0.15) is 22.7 Å². The summed E-state index contributed by atoms with van der Waals surface area (Å²) in [5.41, 5.74) is 1.04. The molecule has 0 aliphatic carbocycles. The lowest BCUT2D eigenvalue weighted by molar-refractivity contribution is -0.117. The fourth-order valence-electron chi connectivity index (χ4n) is 2.16. The molecule has 2 aromatic rings. The number of carbonyl (C=O) groups is 1. The van der Waals surface area contributed by atoms with E-state index in [-0.39, 0.29) is 16.5 Å². The zero-order valence-electron chi connectivity index (χ0n) is 11.0. The second-order valence-electron chi connectivity index (χ2n) is 4.65. The number of amides is 1. The van der Waals surface area contributed by atoms with Crippen molar-refractivity contribution < 1.29 is 4.79 Å². The summed E-state index contributed by atoms with van der Waals surface area (Å²) in [6.07, 6.45) is 1.80. The van der Waals surface area contributed by atoms with Gasteiger partial charge in [0.05, 0.1) is 5.25 Å². The SMILES string of the molecule is Cc1cnc(N2C(=O)C(C)SC2c2cccc(Cl)c2)s1. The Morgan fingerprint density at radius 2 is 2.20 bits per heavy atom. The normalized spacial score (nSPS) is 22.6. The minimum atomic E-state index is -0.0665. The second kappa shape index (κ2) is 5.39. The van der Waals surface area contributed by atoms with Gasteiger partial charge in [-0.3, -0.25) is 9.69 Å². The number of anilines is 1. The van der Waals surface area contributed by atoms with Gasteiger partial charge in [0.15, 0.2) is 5.13 Å². The Labute approximate surface area is 131 Å². The Balaban J connectivity index is 2.02. The fraction of sp³-hybridized carbons (Fsp3) is 0.286. The van der Waals surface area contributed by atoms with Crippen LogP contribution in [-0.4, -0.2) is 16.1 Å². The summed E-state index contributed by atoms with van der Waals surface area (Å²) in [4.78, 5) is 19.7. The standard InChI is InChI=1S/C14H13ClN2OS2/c1-8-7-16-14(19-8)17-12(18)9(2)20-13(17)10-4-3-5-11(15)6-10/h3-7,9,13H,1-2H3. The molecule has 20 heavy (non-hydrogen) atoms. The number of aryl methyl sites for hydroxylation is 1. The number of hydrogen-bond donors (Lipinski definition) is 0. The highest BCUT2D eigenvalue weighted by atomic mass is 35.5. The highest BCUT2D eigenvalue weighted by molar-refractivity contribution is 8.01. The van der Waals surface area contributed by atoms with Gasteiger partial charge in [0.25, 0.3) is 0 Å². The Kier molecular flexibility index (Phi) is 3.75. The summed E-state index contributed by atoms with van der Waals surface area (Å²) in [7, 11) is 0.